The molecule has 4 rings (SSSR count). The van der Waals surface area contributed by atoms with Gasteiger partial charge in [0.1, 0.15) is 12.4 Å². The molecular weight excluding hydrogens is 332 g/mol. The lowest BCUT2D eigenvalue weighted by Gasteiger charge is -2.38. The second kappa shape index (κ2) is 7.11. The van der Waals surface area contributed by atoms with E-state index in [1.54, 1.807) is 12.3 Å². The number of aryl methyl sites for hydroxylation is 1. The minimum absolute atomic E-state index is 0.0121. The number of rotatable bonds is 4. The molecule has 0 saturated carbocycles. The van der Waals surface area contributed by atoms with Crippen molar-refractivity contribution in [3.8, 4) is 5.88 Å². The molecule has 2 aromatic rings. The van der Waals surface area contributed by atoms with Crippen molar-refractivity contribution in [1.29, 1.82) is 0 Å². The topological polar surface area (TPSA) is 64.8 Å². The van der Waals surface area contributed by atoms with Crippen LogP contribution in [0.15, 0.2) is 40.9 Å². The molecule has 0 aromatic carbocycles. The average Bonchev–Trinajstić information content (AvgIpc) is 3.28. The standard InChI is InChI=1S/C20H24N2O4/c1-15-5-6-17(26-15)19(23)22-10-7-20(8-11-22)12-16(25-14-20)13-24-18-4-2-3-9-21-18/h2-6,9,16H,7-8,10-14H2,1H3/t16-/m0/s1. The Morgan fingerprint density at radius 2 is 2.15 bits per heavy atom. The van der Waals surface area contributed by atoms with Crippen LogP contribution in [0.3, 0.4) is 0 Å². The zero-order valence-corrected chi connectivity index (χ0v) is 15.0. The fraction of sp³-hybridized carbons (Fsp3) is 0.500. The number of piperidine rings is 1. The summed E-state index contributed by atoms with van der Waals surface area (Å²) < 4.78 is 17.2. The van der Waals surface area contributed by atoms with Crippen LogP contribution in [0.4, 0.5) is 0 Å². The molecule has 0 N–H and O–H groups in total. The fourth-order valence-electron chi connectivity index (χ4n) is 3.85. The van der Waals surface area contributed by atoms with Gasteiger partial charge in [-0.1, -0.05) is 6.07 Å². The number of hydrogen-bond acceptors (Lipinski definition) is 5. The molecule has 6 heteroatoms. The van der Waals surface area contributed by atoms with Gasteiger partial charge in [0.15, 0.2) is 5.76 Å². The molecule has 26 heavy (non-hydrogen) atoms. The number of carbonyl (C=O) groups excluding carboxylic acids is 1. The highest BCUT2D eigenvalue weighted by atomic mass is 16.5. The van der Waals surface area contributed by atoms with Gasteiger partial charge in [0, 0.05) is 25.4 Å². The molecule has 6 nitrogen and oxygen atoms in total. The Morgan fingerprint density at radius 3 is 2.85 bits per heavy atom. The zero-order valence-electron chi connectivity index (χ0n) is 15.0. The highest BCUT2D eigenvalue weighted by molar-refractivity contribution is 5.91. The minimum Gasteiger partial charge on any atom is -0.475 e. The summed E-state index contributed by atoms with van der Waals surface area (Å²) in [5, 5.41) is 0. The minimum atomic E-state index is -0.0121. The Morgan fingerprint density at radius 1 is 1.31 bits per heavy atom. The van der Waals surface area contributed by atoms with Gasteiger partial charge in [-0.05, 0) is 49.8 Å². The molecule has 0 bridgehead atoms. The van der Waals surface area contributed by atoms with Gasteiger partial charge in [-0.3, -0.25) is 4.79 Å². The molecule has 1 amide bonds. The Balaban J connectivity index is 1.28. The van der Waals surface area contributed by atoms with E-state index in [0.717, 1.165) is 44.7 Å². The van der Waals surface area contributed by atoms with Crippen molar-refractivity contribution in [3.63, 3.8) is 0 Å². The van der Waals surface area contributed by atoms with E-state index in [4.69, 9.17) is 13.9 Å². The summed E-state index contributed by atoms with van der Waals surface area (Å²) in [7, 11) is 0. The second-order valence-electron chi connectivity index (χ2n) is 7.32. The molecule has 4 heterocycles. The van der Waals surface area contributed by atoms with Gasteiger partial charge in [0.2, 0.25) is 5.88 Å². The predicted octanol–water partition coefficient (Wildman–Crippen LogP) is 3.07. The maximum absolute atomic E-state index is 12.5. The van der Waals surface area contributed by atoms with Gasteiger partial charge in [-0.2, -0.15) is 0 Å². The van der Waals surface area contributed by atoms with E-state index in [0.29, 0.717) is 18.2 Å². The van der Waals surface area contributed by atoms with Gasteiger partial charge in [-0.15, -0.1) is 0 Å². The zero-order chi connectivity index (χ0) is 18.0. The molecular formula is C20H24N2O4. The van der Waals surface area contributed by atoms with Gasteiger partial charge < -0.3 is 18.8 Å². The summed E-state index contributed by atoms with van der Waals surface area (Å²) in [4.78, 5) is 18.6. The second-order valence-corrected chi connectivity index (χ2v) is 7.32. The monoisotopic (exact) mass is 356 g/mol. The Hall–Kier alpha value is -2.34. The van der Waals surface area contributed by atoms with Crippen molar-refractivity contribution in [1.82, 2.24) is 9.88 Å². The van der Waals surface area contributed by atoms with Crippen LogP contribution in [0.1, 0.15) is 35.6 Å². The number of hydrogen-bond donors (Lipinski definition) is 0. The smallest absolute Gasteiger partial charge is 0.289 e. The lowest BCUT2D eigenvalue weighted by atomic mass is 9.76. The number of furan rings is 1. The molecule has 2 aliphatic heterocycles. The van der Waals surface area contributed by atoms with Gasteiger partial charge in [-0.25, -0.2) is 4.98 Å². The molecule has 2 aliphatic rings. The van der Waals surface area contributed by atoms with E-state index in [1.807, 2.05) is 36.1 Å². The van der Waals surface area contributed by atoms with Crippen molar-refractivity contribution < 1.29 is 18.7 Å². The van der Waals surface area contributed by atoms with Crippen LogP contribution >= 0.6 is 0 Å². The number of aromatic nitrogens is 1. The van der Waals surface area contributed by atoms with Gasteiger partial charge in [0.25, 0.3) is 5.91 Å². The third-order valence-corrected chi connectivity index (χ3v) is 5.40. The average molecular weight is 356 g/mol. The number of pyridine rings is 1. The van der Waals surface area contributed by atoms with Gasteiger partial charge in [0.05, 0.1) is 12.7 Å². The van der Waals surface area contributed by atoms with Crippen LogP contribution < -0.4 is 4.74 Å². The molecule has 0 radical (unpaired) electrons. The van der Waals surface area contributed by atoms with Crippen LogP contribution in [-0.2, 0) is 4.74 Å². The van der Waals surface area contributed by atoms with Crippen molar-refractivity contribution in [2.24, 2.45) is 5.41 Å². The summed E-state index contributed by atoms with van der Waals surface area (Å²) in [5.41, 5.74) is 0.161. The van der Waals surface area contributed by atoms with Crippen molar-refractivity contribution in [2.75, 3.05) is 26.3 Å². The van der Waals surface area contributed by atoms with E-state index in [-0.39, 0.29) is 17.4 Å². The first-order valence-corrected chi connectivity index (χ1v) is 9.15. The van der Waals surface area contributed by atoms with Gasteiger partial charge >= 0.3 is 0 Å². The molecule has 138 valence electrons. The number of carbonyl (C=O) groups is 1. The van der Waals surface area contributed by atoms with Crippen LogP contribution in [0.2, 0.25) is 0 Å². The Bertz CT molecular complexity index is 750. The number of ether oxygens (including phenoxy) is 2. The van der Waals surface area contributed by atoms with Crippen molar-refractivity contribution >= 4 is 5.91 Å². The van der Waals surface area contributed by atoms with E-state index in [1.165, 1.54) is 0 Å². The maximum atomic E-state index is 12.5. The fourth-order valence-corrected chi connectivity index (χ4v) is 3.85. The quantitative estimate of drug-likeness (QED) is 0.842. The largest absolute Gasteiger partial charge is 0.475 e. The molecule has 1 atom stereocenters. The number of likely N-dealkylation sites (tertiary alicyclic amines) is 1. The normalized spacial score (nSPS) is 21.9. The summed E-state index contributed by atoms with van der Waals surface area (Å²) >= 11 is 0. The lowest BCUT2D eigenvalue weighted by Crippen LogP contribution is -2.43. The maximum Gasteiger partial charge on any atom is 0.289 e. The summed E-state index contributed by atoms with van der Waals surface area (Å²) in [6, 6.07) is 9.21. The Labute approximate surface area is 153 Å². The third-order valence-electron chi connectivity index (χ3n) is 5.40. The van der Waals surface area contributed by atoms with Crippen molar-refractivity contribution in [2.45, 2.75) is 32.3 Å². The van der Waals surface area contributed by atoms with Crippen LogP contribution in [0, 0.1) is 12.3 Å². The number of nitrogens with zero attached hydrogens (tertiary/aromatic N) is 2. The highest BCUT2D eigenvalue weighted by Gasteiger charge is 2.43. The summed E-state index contributed by atoms with van der Waals surface area (Å²) in [6.45, 7) is 4.61. The lowest BCUT2D eigenvalue weighted by molar-refractivity contribution is 0.0409. The van der Waals surface area contributed by atoms with Crippen LogP contribution in [0.25, 0.3) is 0 Å². The third kappa shape index (κ3) is 3.60. The first kappa shape index (κ1) is 17.1. The van der Waals surface area contributed by atoms with Crippen LogP contribution in [0.5, 0.6) is 5.88 Å². The SMILES string of the molecule is Cc1ccc(C(=O)N2CCC3(CC2)CO[C@H](COc2ccccn2)C3)o1. The number of amides is 1. The van der Waals surface area contributed by atoms with E-state index in [9.17, 15) is 4.79 Å². The molecule has 2 saturated heterocycles. The highest BCUT2D eigenvalue weighted by Crippen LogP contribution is 2.42. The molecule has 2 aromatic heterocycles. The van der Waals surface area contributed by atoms with Crippen molar-refractivity contribution in [3.05, 3.63) is 48.0 Å². The Kier molecular flexibility index (Phi) is 4.68. The summed E-state index contributed by atoms with van der Waals surface area (Å²) in [6.07, 6.45) is 4.70. The predicted molar refractivity (Wildman–Crippen MR) is 95.1 cm³/mol. The molecule has 1 spiro atoms. The van der Waals surface area contributed by atoms with Crippen LogP contribution in [-0.4, -0.2) is 48.2 Å². The first-order chi connectivity index (χ1) is 12.6. The van der Waals surface area contributed by atoms with E-state index in [2.05, 4.69) is 4.98 Å². The molecule has 0 unspecified atom stereocenters. The molecule has 2 fully saturated rings. The summed E-state index contributed by atoms with van der Waals surface area (Å²) in [5.74, 6) is 1.82. The van der Waals surface area contributed by atoms with E-state index >= 15 is 0 Å². The molecule has 0 aliphatic carbocycles. The first-order valence-electron chi connectivity index (χ1n) is 9.15. The van der Waals surface area contributed by atoms with E-state index < -0.39 is 0 Å².